The smallest absolute Gasteiger partial charge is 0.117 e. The fourth-order valence-corrected chi connectivity index (χ4v) is 2.41. The molecule has 1 saturated carbocycles. The van der Waals surface area contributed by atoms with E-state index in [1.54, 1.807) is 6.26 Å². The molecule has 1 aliphatic carbocycles. The maximum atomic E-state index is 5.48. The Bertz CT molecular complexity index is 319. The molecule has 0 radical (unpaired) electrons. The van der Waals surface area contributed by atoms with Gasteiger partial charge in [-0.1, -0.05) is 6.92 Å². The van der Waals surface area contributed by atoms with Gasteiger partial charge < -0.3 is 9.73 Å². The lowest BCUT2D eigenvalue weighted by Gasteiger charge is -2.28. The molecule has 0 saturated heterocycles. The van der Waals surface area contributed by atoms with Gasteiger partial charge in [0.25, 0.3) is 0 Å². The van der Waals surface area contributed by atoms with Gasteiger partial charge in [-0.15, -0.1) is 0 Å². The quantitative estimate of drug-likeness (QED) is 0.683. The van der Waals surface area contributed by atoms with E-state index >= 15 is 0 Å². The van der Waals surface area contributed by atoms with Crippen LogP contribution >= 0.6 is 0 Å². The largest absolute Gasteiger partial charge is 0.468 e. The van der Waals surface area contributed by atoms with Gasteiger partial charge in [0.2, 0.25) is 0 Å². The summed E-state index contributed by atoms with van der Waals surface area (Å²) in [6, 6.07) is 5.48. The van der Waals surface area contributed by atoms with Crippen LogP contribution in [0.15, 0.2) is 22.8 Å². The van der Waals surface area contributed by atoms with Gasteiger partial charge >= 0.3 is 0 Å². The summed E-state index contributed by atoms with van der Waals surface area (Å²) in [4.78, 5) is 2.60. The second-order valence-corrected chi connectivity index (χ2v) is 5.37. The van der Waals surface area contributed by atoms with Crippen molar-refractivity contribution in [3.8, 4) is 0 Å². The van der Waals surface area contributed by atoms with Gasteiger partial charge in [0, 0.05) is 12.1 Å². The van der Waals surface area contributed by atoms with Crippen molar-refractivity contribution in [2.45, 2.75) is 58.2 Å². The Morgan fingerprint density at radius 2 is 2.28 bits per heavy atom. The molecule has 0 aromatic carbocycles. The van der Waals surface area contributed by atoms with Gasteiger partial charge in [-0.3, -0.25) is 4.90 Å². The van der Waals surface area contributed by atoms with Crippen molar-refractivity contribution >= 4 is 0 Å². The average Bonchev–Trinajstić information content (AvgIpc) is 3.08. The van der Waals surface area contributed by atoms with Crippen molar-refractivity contribution < 1.29 is 4.42 Å². The van der Waals surface area contributed by atoms with E-state index in [4.69, 9.17) is 4.42 Å². The Morgan fingerprint density at radius 3 is 2.89 bits per heavy atom. The molecule has 1 N–H and O–H groups in total. The van der Waals surface area contributed by atoms with E-state index in [-0.39, 0.29) is 0 Å². The van der Waals surface area contributed by atoms with Crippen molar-refractivity contribution in [3.63, 3.8) is 0 Å². The van der Waals surface area contributed by atoms with Gasteiger partial charge in [-0.05, 0) is 57.8 Å². The molecule has 18 heavy (non-hydrogen) atoms. The van der Waals surface area contributed by atoms with Crippen LogP contribution in [-0.4, -0.2) is 30.1 Å². The van der Waals surface area contributed by atoms with Crippen molar-refractivity contribution in [2.75, 3.05) is 13.1 Å². The summed E-state index contributed by atoms with van der Waals surface area (Å²) in [5.74, 6) is 1.09. The summed E-state index contributed by atoms with van der Waals surface area (Å²) in [6.07, 6.45) is 6.92. The number of nitrogens with zero attached hydrogens (tertiary/aromatic N) is 1. The number of hydrogen-bond acceptors (Lipinski definition) is 3. The first-order valence-corrected chi connectivity index (χ1v) is 7.30. The number of hydrogen-bond donors (Lipinski definition) is 1. The van der Waals surface area contributed by atoms with E-state index < -0.39 is 0 Å². The maximum Gasteiger partial charge on any atom is 0.117 e. The van der Waals surface area contributed by atoms with Crippen LogP contribution < -0.4 is 5.32 Å². The first-order valence-electron chi connectivity index (χ1n) is 7.30. The fourth-order valence-electron chi connectivity index (χ4n) is 2.41. The summed E-state index contributed by atoms with van der Waals surface area (Å²) < 4.78 is 5.48. The minimum atomic E-state index is 0.631. The topological polar surface area (TPSA) is 28.4 Å². The van der Waals surface area contributed by atoms with Crippen molar-refractivity contribution in [2.24, 2.45) is 0 Å². The lowest BCUT2D eigenvalue weighted by atomic mass is 10.2. The standard InChI is InChI=1S/C15H26N2O/c1-3-9-16-10-8-13(2)17(14-6-7-14)12-15-5-4-11-18-15/h4-5,11,13-14,16H,3,6-10,12H2,1-2H3. The Kier molecular flexibility index (Phi) is 5.26. The first kappa shape index (κ1) is 13.6. The Labute approximate surface area is 111 Å². The molecule has 0 amide bonds. The van der Waals surface area contributed by atoms with Crippen molar-refractivity contribution in [1.29, 1.82) is 0 Å². The zero-order chi connectivity index (χ0) is 12.8. The third-order valence-corrected chi connectivity index (χ3v) is 3.67. The van der Waals surface area contributed by atoms with E-state index in [1.165, 1.54) is 25.7 Å². The zero-order valence-electron chi connectivity index (χ0n) is 11.7. The third-order valence-electron chi connectivity index (χ3n) is 3.67. The van der Waals surface area contributed by atoms with Crippen LogP contribution in [0.5, 0.6) is 0 Å². The normalized spacial score (nSPS) is 17.3. The van der Waals surface area contributed by atoms with E-state index in [0.717, 1.165) is 31.4 Å². The molecule has 1 heterocycles. The van der Waals surface area contributed by atoms with Crippen LogP contribution in [0.1, 0.15) is 45.3 Å². The van der Waals surface area contributed by atoms with Crippen molar-refractivity contribution in [1.82, 2.24) is 10.2 Å². The Hall–Kier alpha value is -0.800. The van der Waals surface area contributed by atoms with Gasteiger partial charge in [0.15, 0.2) is 0 Å². The lowest BCUT2D eigenvalue weighted by Crippen LogP contribution is -2.36. The highest BCUT2D eigenvalue weighted by Gasteiger charge is 2.32. The molecular weight excluding hydrogens is 224 g/mol. The van der Waals surface area contributed by atoms with Crippen molar-refractivity contribution in [3.05, 3.63) is 24.2 Å². The second kappa shape index (κ2) is 6.95. The SMILES string of the molecule is CCCNCCC(C)N(Cc1ccco1)C1CC1. The van der Waals surface area contributed by atoms with Crippen LogP contribution in [0, 0.1) is 0 Å². The minimum absolute atomic E-state index is 0.631. The Morgan fingerprint density at radius 1 is 1.44 bits per heavy atom. The van der Waals surface area contributed by atoms with Gasteiger partial charge in [-0.25, -0.2) is 0 Å². The van der Waals surface area contributed by atoms with E-state index in [2.05, 4.69) is 30.1 Å². The molecule has 1 unspecified atom stereocenters. The highest BCUT2D eigenvalue weighted by molar-refractivity contribution is 5.00. The molecule has 2 rings (SSSR count). The molecule has 1 fully saturated rings. The highest BCUT2D eigenvalue weighted by Crippen LogP contribution is 2.30. The van der Waals surface area contributed by atoms with Crippen LogP contribution in [0.3, 0.4) is 0 Å². The monoisotopic (exact) mass is 250 g/mol. The summed E-state index contributed by atoms with van der Waals surface area (Å²) in [5, 5.41) is 3.49. The van der Waals surface area contributed by atoms with E-state index in [0.29, 0.717) is 6.04 Å². The molecule has 3 heteroatoms. The molecule has 1 atom stereocenters. The molecule has 0 spiro atoms. The summed E-state index contributed by atoms with van der Waals surface area (Å²) >= 11 is 0. The lowest BCUT2D eigenvalue weighted by molar-refractivity contribution is 0.166. The fraction of sp³-hybridized carbons (Fsp3) is 0.733. The molecule has 1 aliphatic rings. The van der Waals surface area contributed by atoms with E-state index in [9.17, 15) is 0 Å². The average molecular weight is 250 g/mol. The van der Waals surface area contributed by atoms with Crippen LogP contribution in [0.2, 0.25) is 0 Å². The Balaban J connectivity index is 1.77. The molecular formula is C15H26N2O. The molecule has 0 aliphatic heterocycles. The predicted molar refractivity (Wildman–Crippen MR) is 74.5 cm³/mol. The maximum absolute atomic E-state index is 5.48. The third kappa shape index (κ3) is 4.14. The number of rotatable bonds is 9. The first-order chi connectivity index (χ1) is 8.81. The van der Waals surface area contributed by atoms with Crippen LogP contribution in [0.4, 0.5) is 0 Å². The molecule has 0 bridgehead atoms. The molecule has 1 aromatic heterocycles. The molecule has 1 aromatic rings. The highest BCUT2D eigenvalue weighted by atomic mass is 16.3. The molecule has 3 nitrogen and oxygen atoms in total. The summed E-state index contributed by atoms with van der Waals surface area (Å²) in [6.45, 7) is 7.77. The summed E-state index contributed by atoms with van der Waals surface area (Å²) in [7, 11) is 0. The predicted octanol–water partition coefficient (Wildman–Crippen LogP) is 3.02. The van der Waals surface area contributed by atoms with Crippen LogP contribution in [0.25, 0.3) is 0 Å². The van der Waals surface area contributed by atoms with Gasteiger partial charge in [-0.2, -0.15) is 0 Å². The van der Waals surface area contributed by atoms with Gasteiger partial charge in [0.1, 0.15) is 5.76 Å². The second-order valence-electron chi connectivity index (χ2n) is 5.37. The van der Waals surface area contributed by atoms with Crippen LogP contribution in [-0.2, 0) is 6.54 Å². The molecule has 102 valence electrons. The summed E-state index contributed by atoms with van der Waals surface area (Å²) in [5.41, 5.74) is 0. The zero-order valence-corrected chi connectivity index (χ0v) is 11.7. The van der Waals surface area contributed by atoms with E-state index in [1.807, 2.05) is 6.07 Å². The van der Waals surface area contributed by atoms with Gasteiger partial charge in [0.05, 0.1) is 12.8 Å². The number of furan rings is 1. The minimum Gasteiger partial charge on any atom is -0.468 e. The number of nitrogens with one attached hydrogen (secondary N) is 1.